The van der Waals surface area contributed by atoms with E-state index < -0.39 is 5.41 Å². The van der Waals surface area contributed by atoms with Crippen molar-refractivity contribution in [3.8, 4) is 5.75 Å². The zero-order valence-corrected chi connectivity index (χ0v) is 15.7. The van der Waals surface area contributed by atoms with Crippen molar-refractivity contribution in [2.75, 3.05) is 20.3 Å². The first-order valence-corrected chi connectivity index (χ1v) is 9.27. The molecule has 0 aliphatic heterocycles. The lowest BCUT2D eigenvalue weighted by Gasteiger charge is -2.40. The summed E-state index contributed by atoms with van der Waals surface area (Å²) < 4.78 is 10.5. The number of rotatable bonds is 8. The number of carbonyl (C=O) groups excluding carboxylic acids is 1. The highest BCUT2D eigenvalue weighted by Gasteiger charge is 2.45. The molecule has 1 fully saturated rings. The monoisotopic (exact) mass is 373 g/mol. The topological polar surface area (TPSA) is 47.6 Å². The van der Waals surface area contributed by atoms with Gasteiger partial charge in [0.25, 0.3) is 0 Å². The summed E-state index contributed by atoms with van der Waals surface area (Å²) in [5.41, 5.74) is 1.68. The predicted octanol–water partition coefficient (Wildman–Crippen LogP) is 4.10. The maximum atomic E-state index is 12.9. The molecule has 0 atom stereocenters. The zero-order chi connectivity index (χ0) is 18.4. The average Bonchev–Trinajstić information content (AvgIpc) is 2.62. The van der Waals surface area contributed by atoms with Gasteiger partial charge in [0.05, 0.1) is 12.0 Å². The van der Waals surface area contributed by atoms with Crippen LogP contribution in [0.5, 0.6) is 5.75 Å². The molecule has 0 aromatic heterocycles. The van der Waals surface area contributed by atoms with E-state index in [4.69, 9.17) is 21.1 Å². The normalized spacial score (nSPS) is 15.2. The van der Waals surface area contributed by atoms with E-state index in [1.165, 1.54) is 0 Å². The van der Waals surface area contributed by atoms with Crippen LogP contribution in [0.4, 0.5) is 0 Å². The Morgan fingerprint density at radius 2 is 1.77 bits per heavy atom. The Balaban J connectivity index is 1.58. The van der Waals surface area contributed by atoms with Gasteiger partial charge in [0, 0.05) is 18.7 Å². The van der Waals surface area contributed by atoms with Gasteiger partial charge in [0.2, 0.25) is 5.91 Å². The van der Waals surface area contributed by atoms with Crippen LogP contribution < -0.4 is 10.1 Å². The van der Waals surface area contributed by atoms with E-state index in [0.29, 0.717) is 24.8 Å². The number of hydrogen-bond donors (Lipinski definition) is 1. The van der Waals surface area contributed by atoms with Gasteiger partial charge in [-0.05, 0) is 48.2 Å². The molecule has 1 amide bonds. The van der Waals surface area contributed by atoms with Crippen LogP contribution in [0.25, 0.3) is 0 Å². The summed E-state index contributed by atoms with van der Waals surface area (Å²) >= 11 is 5.98. The van der Waals surface area contributed by atoms with Crippen LogP contribution in [-0.4, -0.2) is 26.2 Å². The van der Waals surface area contributed by atoms with Gasteiger partial charge in [-0.25, -0.2) is 0 Å². The summed E-state index contributed by atoms with van der Waals surface area (Å²) in [7, 11) is 1.65. The van der Waals surface area contributed by atoms with Gasteiger partial charge >= 0.3 is 0 Å². The lowest BCUT2D eigenvalue weighted by atomic mass is 9.64. The number of benzene rings is 2. The molecule has 1 aliphatic carbocycles. The van der Waals surface area contributed by atoms with Gasteiger partial charge in [0.1, 0.15) is 12.4 Å². The quantitative estimate of drug-likeness (QED) is 0.708. The molecule has 0 saturated heterocycles. The Hall–Kier alpha value is -2.04. The van der Waals surface area contributed by atoms with Crippen molar-refractivity contribution in [2.45, 2.75) is 31.2 Å². The highest BCUT2D eigenvalue weighted by Crippen LogP contribution is 2.44. The predicted molar refractivity (Wildman–Crippen MR) is 103 cm³/mol. The molecule has 138 valence electrons. The number of methoxy groups -OCH3 is 1. The Morgan fingerprint density at radius 3 is 2.35 bits per heavy atom. The van der Waals surface area contributed by atoms with Gasteiger partial charge in [-0.15, -0.1) is 0 Å². The number of ether oxygens (including phenoxy) is 2. The summed E-state index contributed by atoms with van der Waals surface area (Å²) in [6.45, 7) is 1.59. The Morgan fingerprint density at radius 1 is 1.08 bits per heavy atom. The van der Waals surface area contributed by atoms with Crippen LogP contribution in [0.2, 0.25) is 5.02 Å². The highest BCUT2D eigenvalue weighted by atomic mass is 35.5. The molecule has 1 N–H and O–H groups in total. The second-order valence-electron chi connectivity index (χ2n) is 6.61. The maximum absolute atomic E-state index is 12.9. The van der Waals surface area contributed by atoms with Crippen LogP contribution in [-0.2, 0) is 21.5 Å². The molecular formula is C21H24ClNO3. The summed E-state index contributed by atoms with van der Waals surface area (Å²) in [6, 6.07) is 15.4. The van der Waals surface area contributed by atoms with Crippen LogP contribution in [0.15, 0.2) is 48.5 Å². The fourth-order valence-corrected chi connectivity index (χ4v) is 3.37. The minimum Gasteiger partial charge on any atom is -0.491 e. The second-order valence-corrected chi connectivity index (χ2v) is 7.05. The first-order valence-electron chi connectivity index (χ1n) is 8.89. The Kier molecular flexibility index (Phi) is 6.17. The SMILES string of the molecule is COCCOc1ccc(CNC(=O)C2(c3ccc(Cl)cc3)CCC2)cc1. The molecule has 0 unspecified atom stereocenters. The molecule has 2 aromatic carbocycles. The summed E-state index contributed by atoms with van der Waals surface area (Å²) in [5, 5.41) is 3.78. The van der Waals surface area contributed by atoms with Crippen molar-refractivity contribution in [1.82, 2.24) is 5.32 Å². The molecule has 26 heavy (non-hydrogen) atoms. The van der Waals surface area contributed by atoms with Crippen molar-refractivity contribution in [1.29, 1.82) is 0 Å². The number of amides is 1. The first-order chi connectivity index (χ1) is 12.6. The van der Waals surface area contributed by atoms with Crippen molar-refractivity contribution in [3.05, 3.63) is 64.7 Å². The summed E-state index contributed by atoms with van der Waals surface area (Å²) in [4.78, 5) is 12.9. The number of carbonyl (C=O) groups is 1. The maximum Gasteiger partial charge on any atom is 0.230 e. The van der Waals surface area contributed by atoms with Gasteiger partial charge in [-0.1, -0.05) is 42.3 Å². The Labute approximate surface area is 159 Å². The van der Waals surface area contributed by atoms with E-state index in [1.807, 2.05) is 48.5 Å². The van der Waals surface area contributed by atoms with Gasteiger partial charge < -0.3 is 14.8 Å². The minimum atomic E-state index is -0.409. The van der Waals surface area contributed by atoms with Crippen molar-refractivity contribution in [3.63, 3.8) is 0 Å². The third-order valence-electron chi connectivity index (χ3n) is 4.97. The molecule has 1 saturated carbocycles. The summed E-state index contributed by atoms with van der Waals surface area (Å²) in [5.74, 6) is 0.889. The average molecular weight is 374 g/mol. The van der Waals surface area contributed by atoms with Crippen LogP contribution in [0, 0.1) is 0 Å². The summed E-state index contributed by atoms with van der Waals surface area (Å²) in [6.07, 6.45) is 2.84. The van der Waals surface area contributed by atoms with Gasteiger partial charge in [-0.3, -0.25) is 4.79 Å². The van der Waals surface area contributed by atoms with Gasteiger partial charge in [0.15, 0.2) is 0 Å². The van der Waals surface area contributed by atoms with E-state index in [9.17, 15) is 4.79 Å². The Bertz CT molecular complexity index is 724. The van der Waals surface area contributed by atoms with E-state index in [0.717, 1.165) is 36.1 Å². The molecule has 0 bridgehead atoms. The molecule has 5 heteroatoms. The molecule has 3 rings (SSSR count). The molecule has 4 nitrogen and oxygen atoms in total. The van der Waals surface area contributed by atoms with Crippen LogP contribution in [0.1, 0.15) is 30.4 Å². The lowest BCUT2D eigenvalue weighted by Crippen LogP contribution is -2.48. The minimum absolute atomic E-state index is 0.0893. The highest BCUT2D eigenvalue weighted by molar-refractivity contribution is 6.30. The van der Waals surface area contributed by atoms with E-state index in [-0.39, 0.29) is 5.91 Å². The number of halogens is 1. The number of nitrogens with one attached hydrogen (secondary N) is 1. The largest absolute Gasteiger partial charge is 0.491 e. The third-order valence-corrected chi connectivity index (χ3v) is 5.22. The third kappa shape index (κ3) is 4.19. The molecular weight excluding hydrogens is 350 g/mol. The van der Waals surface area contributed by atoms with Crippen molar-refractivity contribution < 1.29 is 14.3 Å². The van der Waals surface area contributed by atoms with Crippen molar-refractivity contribution >= 4 is 17.5 Å². The molecule has 0 heterocycles. The smallest absolute Gasteiger partial charge is 0.230 e. The van der Waals surface area contributed by atoms with E-state index in [2.05, 4.69) is 5.32 Å². The molecule has 1 aliphatic rings. The van der Waals surface area contributed by atoms with Crippen LogP contribution >= 0.6 is 11.6 Å². The van der Waals surface area contributed by atoms with E-state index >= 15 is 0 Å². The van der Waals surface area contributed by atoms with Gasteiger partial charge in [-0.2, -0.15) is 0 Å². The van der Waals surface area contributed by atoms with Crippen LogP contribution in [0.3, 0.4) is 0 Å². The second kappa shape index (κ2) is 8.56. The standard InChI is InChI=1S/C21H24ClNO3/c1-25-13-14-26-19-9-3-16(4-10-19)15-23-20(24)21(11-2-12-21)17-5-7-18(22)8-6-17/h3-10H,2,11-15H2,1H3,(H,23,24). The van der Waals surface area contributed by atoms with E-state index in [1.54, 1.807) is 7.11 Å². The fourth-order valence-electron chi connectivity index (χ4n) is 3.24. The first kappa shape index (κ1) is 18.7. The molecule has 0 radical (unpaired) electrons. The zero-order valence-electron chi connectivity index (χ0n) is 15.0. The fraction of sp³-hybridized carbons (Fsp3) is 0.381. The molecule has 0 spiro atoms. The molecule has 2 aromatic rings. The van der Waals surface area contributed by atoms with Crippen molar-refractivity contribution in [2.24, 2.45) is 0 Å². The lowest BCUT2D eigenvalue weighted by molar-refractivity contribution is -0.130. The number of hydrogen-bond acceptors (Lipinski definition) is 3.